The third-order valence-electron chi connectivity index (χ3n) is 5.63. The van der Waals surface area contributed by atoms with E-state index in [4.69, 9.17) is 15.2 Å². The molecular formula is C21H26N4O5. The molecule has 0 saturated carbocycles. The Hall–Kier alpha value is -3.07. The molecule has 9 heteroatoms. The molecule has 0 amide bonds. The van der Waals surface area contributed by atoms with Gasteiger partial charge in [-0.2, -0.15) is 0 Å². The Morgan fingerprint density at radius 1 is 1.23 bits per heavy atom. The molecule has 3 N–H and O–H groups in total. The van der Waals surface area contributed by atoms with Crippen LogP contribution < -0.4 is 26.5 Å². The summed E-state index contributed by atoms with van der Waals surface area (Å²) in [5.74, 6) is 0.987. The smallest absolute Gasteiger partial charge is 0.329 e. The lowest BCUT2D eigenvalue weighted by atomic mass is 10.0. The fourth-order valence-corrected chi connectivity index (χ4v) is 4.23. The molecule has 2 aliphatic rings. The number of hydrogen-bond acceptors (Lipinski definition) is 7. The number of anilines is 1. The second-order valence-corrected chi connectivity index (χ2v) is 7.63. The molecule has 0 aliphatic carbocycles. The molecule has 1 aromatic carbocycles. The van der Waals surface area contributed by atoms with Crippen molar-refractivity contribution in [3.05, 3.63) is 50.2 Å². The van der Waals surface area contributed by atoms with Crippen molar-refractivity contribution in [3.63, 3.8) is 0 Å². The number of nitrogens with one attached hydrogen (secondary N) is 1. The number of nitrogens with two attached hydrogens (primary N) is 1. The van der Waals surface area contributed by atoms with Gasteiger partial charge in [-0.05, 0) is 43.5 Å². The molecule has 30 heavy (non-hydrogen) atoms. The summed E-state index contributed by atoms with van der Waals surface area (Å²) in [4.78, 5) is 41.6. The Kier molecular flexibility index (Phi) is 5.63. The van der Waals surface area contributed by atoms with Crippen LogP contribution in [0.15, 0.2) is 27.8 Å². The van der Waals surface area contributed by atoms with E-state index in [0.717, 1.165) is 30.7 Å². The monoisotopic (exact) mass is 414 g/mol. The Labute approximate surface area is 173 Å². The van der Waals surface area contributed by atoms with Gasteiger partial charge < -0.3 is 15.2 Å². The molecule has 160 valence electrons. The van der Waals surface area contributed by atoms with E-state index in [1.54, 1.807) is 0 Å². The van der Waals surface area contributed by atoms with Crippen molar-refractivity contribution >= 4 is 11.6 Å². The molecule has 1 aromatic heterocycles. The van der Waals surface area contributed by atoms with Crippen LogP contribution in [-0.4, -0.2) is 46.5 Å². The number of carbonyl (C=O) groups excluding carboxylic acids is 1. The van der Waals surface area contributed by atoms with Crippen LogP contribution in [0.2, 0.25) is 0 Å². The number of ether oxygens (including phenoxy) is 2. The number of benzene rings is 1. The van der Waals surface area contributed by atoms with E-state index in [9.17, 15) is 14.4 Å². The Bertz CT molecular complexity index is 1070. The van der Waals surface area contributed by atoms with E-state index >= 15 is 0 Å². The minimum absolute atomic E-state index is 0.0339. The molecule has 0 radical (unpaired) electrons. The lowest BCUT2D eigenvalue weighted by molar-refractivity contribution is 0.0920. The molecule has 0 bridgehead atoms. The maximum Gasteiger partial charge on any atom is 0.329 e. The molecule has 1 fully saturated rings. The van der Waals surface area contributed by atoms with Crippen LogP contribution in [0.25, 0.3) is 0 Å². The highest BCUT2D eigenvalue weighted by Gasteiger charge is 2.30. The van der Waals surface area contributed by atoms with Crippen LogP contribution >= 0.6 is 0 Å². The van der Waals surface area contributed by atoms with Crippen molar-refractivity contribution in [3.8, 4) is 11.5 Å². The van der Waals surface area contributed by atoms with Crippen molar-refractivity contribution in [1.29, 1.82) is 0 Å². The summed E-state index contributed by atoms with van der Waals surface area (Å²) in [7, 11) is 0. The number of carbonyl (C=O) groups is 1. The van der Waals surface area contributed by atoms with Crippen molar-refractivity contribution < 1.29 is 14.3 Å². The average molecular weight is 414 g/mol. The lowest BCUT2D eigenvalue weighted by Gasteiger charge is -2.26. The number of hydrogen-bond donors (Lipinski definition) is 2. The molecule has 1 atom stereocenters. The van der Waals surface area contributed by atoms with Gasteiger partial charge >= 0.3 is 5.69 Å². The van der Waals surface area contributed by atoms with Gasteiger partial charge in [0.25, 0.3) is 5.56 Å². The minimum atomic E-state index is -0.732. The van der Waals surface area contributed by atoms with E-state index in [1.165, 1.54) is 4.57 Å². The second kappa shape index (κ2) is 8.35. The zero-order chi connectivity index (χ0) is 21.3. The minimum Gasteiger partial charge on any atom is -0.486 e. The summed E-state index contributed by atoms with van der Waals surface area (Å²) in [6, 6.07) is 5.88. The third kappa shape index (κ3) is 3.72. The van der Waals surface area contributed by atoms with E-state index in [2.05, 4.69) is 4.98 Å². The summed E-state index contributed by atoms with van der Waals surface area (Å²) in [6.45, 7) is 4.06. The summed E-state index contributed by atoms with van der Waals surface area (Å²) >= 11 is 0. The normalized spacial score (nSPS) is 18.5. The quantitative estimate of drug-likeness (QED) is 0.684. The Balaban J connectivity index is 1.58. The number of fused-ring (bicyclic) bond motifs is 1. The lowest BCUT2D eigenvalue weighted by Crippen LogP contribution is -2.39. The van der Waals surface area contributed by atoms with E-state index in [1.807, 2.05) is 30.0 Å². The van der Waals surface area contributed by atoms with Gasteiger partial charge in [0.15, 0.2) is 17.3 Å². The number of rotatable bonds is 6. The third-order valence-corrected chi connectivity index (χ3v) is 5.63. The van der Waals surface area contributed by atoms with Gasteiger partial charge in [-0.1, -0.05) is 13.0 Å². The van der Waals surface area contributed by atoms with Gasteiger partial charge in [0.05, 0.1) is 6.54 Å². The maximum atomic E-state index is 13.0. The molecular weight excluding hydrogens is 388 g/mol. The SMILES string of the molecule is CCCn1c(N)c(C(=O)CN2CCC[C@H]2c2ccc3c(c2)OCCO3)c(=O)[nH]c1=O. The first-order valence-corrected chi connectivity index (χ1v) is 10.3. The molecule has 4 rings (SSSR count). The van der Waals surface area contributed by atoms with Gasteiger partial charge in [0.2, 0.25) is 0 Å². The molecule has 1 saturated heterocycles. The molecule has 0 unspecified atom stereocenters. The molecule has 3 heterocycles. The number of nitrogens with zero attached hydrogens (tertiary/aromatic N) is 2. The van der Waals surface area contributed by atoms with Crippen LogP contribution in [0.3, 0.4) is 0 Å². The zero-order valence-electron chi connectivity index (χ0n) is 17.0. The van der Waals surface area contributed by atoms with E-state index in [0.29, 0.717) is 31.9 Å². The highest BCUT2D eigenvalue weighted by molar-refractivity contribution is 6.01. The van der Waals surface area contributed by atoms with Crippen LogP contribution in [0.5, 0.6) is 11.5 Å². The molecule has 0 spiro atoms. The Morgan fingerprint density at radius 2 is 2.00 bits per heavy atom. The molecule has 2 aliphatic heterocycles. The predicted octanol–water partition coefficient (Wildman–Crippen LogP) is 1.32. The predicted molar refractivity (Wildman–Crippen MR) is 111 cm³/mol. The first-order valence-electron chi connectivity index (χ1n) is 10.3. The van der Waals surface area contributed by atoms with E-state index in [-0.39, 0.29) is 29.8 Å². The number of Topliss-reactive ketones (excluding diaryl/α,β-unsaturated/α-hetero) is 1. The number of likely N-dealkylation sites (tertiary alicyclic amines) is 1. The van der Waals surface area contributed by atoms with E-state index < -0.39 is 11.2 Å². The molecule has 9 nitrogen and oxygen atoms in total. The highest BCUT2D eigenvalue weighted by atomic mass is 16.6. The van der Waals surface area contributed by atoms with Crippen LogP contribution in [-0.2, 0) is 6.54 Å². The van der Waals surface area contributed by atoms with Crippen LogP contribution in [0.1, 0.15) is 48.1 Å². The fourth-order valence-electron chi connectivity index (χ4n) is 4.23. The van der Waals surface area contributed by atoms with Gasteiger partial charge in [0, 0.05) is 12.6 Å². The van der Waals surface area contributed by atoms with Crippen molar-refractivity contribution in [2.45, 2.75) is 38.8 Å². The second-order valence-electron chi connectivity index (χ2n) is 7.63. The maximum absolute atomic E-state index is 13.0. The number of ketones is 1. The topological polar surface area (TPSA) is 120 Å². The van der Waals surface area contributed by atoms with Crippen molar-refractivity contribution in [2.24, 2.45) is 0 Å². The van der Waals surface area contributed by atoms with Crippen LogP contribution in [0, 0.1) is 0 Å². The number of aromatic amines is 1. The first-order chi connectivity index (χ1) is 14.5. The number of nitrogen functional groups attached to an aromatic ring is 1. The zero-order valence-corrected chi connectivity index (χ0v) is 17.0. The standard InChI is InChI=1S/C21H26N4O5/c1-2-7-25-19(22)18(20(27)23-21(25)28)15(26)12-24-8-3-4-14(24)13-5-6-16-17(11-13)30-10-9-29-16/h5-6,11,14H,2-4,7-10,12,22H2,1H3,(H,23,27,28)/t14-/m0/s1. The first kappa shape index (κ1) is 20.2. The van der Waals surface area contributed by atoms with Gasteiger partial charge in [-0.15, -0.1) is 0 Å². The Morgan fingerprint density at radius 3 is 2.77 bits per heavy atom. The van der Waals surface area contributed by atoms with Gasteiger partial charge in [-0.25, -0.2) is 4.79 Å². The number of H-pyrrole nitrogens is 1. The molecule has 2 aromatic rings. The van der Waals surface area contributed by atoms with Crippen LogP contribution in [0.4, 0.5) is 5.82 Å². The van der Waals surface area contributed by atoms with Gasteiger partial charge in [-0.3, -0.25) is 24.0 Å². The summed E-state index contributed by atoms with van der Waals surface area (Å²) in [5, 5.41) is 0. The van der Waals surface area contributed by atoms with Crippen molar-refractivity contribution in [2.75, 3.05) is 32.0 Å². The summed E-state index contributed by atoms with van der Waals surface area (Å²) in [6.07, 6.45) is 2.49. The fraction of sp³-hybridized carbons (Fsp3) is 0.476. The summed E-state index contributed by atoms with van der Waals surface area (Å²) < 4.78 is 12.5. The largest absolute Gasteiger partial charge is 0.486 e. The average Bonchev–Trinajstić information content (AvgIpc) is 3.18. The van der Waals surface area contributed by atoms with Gasteiger partial charge in [0.1, 0.15) is 24.6 Å². The summed E-state index contributed by atoms with van der Waals surface area (Å²) in [5.41, 5.74) is 5.62. The highest BCUT2D eigenvalue weighted by Crippen LogP contribution is 2.38. The number of aromatic nitrogens is 2. The van der Waals surface area contributed by atoms with Crippen molar-refractivity contribution in [1.82, 2.24) is 14.5 Å².